The molecule has 1 aliphatic heterocycles. The molecule has 6 heteroatoms. The molecule has 0 saturated carbocycles. The van der Waals surface area contributed by atoms with Gasteiger partial charge in [-0.25, -0.2) is 0 Å². The Hall–Kier alpha value is -0.690. The van der Waals surface area contributed by atoms with E-state index in [-0.39, 0.29) is 28.6 Å². The molecule has 1 unspecified atom stereocenters. The Kier molecular flexibility index (Phi) is 12.3. The average Bonchev–Trinajstić information content (AvgIpc) is 2.66. The molecule has 1 rings (SSSR count). The molecule has 1 fully saturated rings. The van der Waals surface area contributed by atoms with Crippen molar-refractivity contribution in [3.8, 4) is 0 Å². The first kappa shape index (κ1) is 30.3. The van der Waals surface area contributed by atoms with Crippen LogP contribution in [0, 0.1) is 5.92 Å². The molecule has 0 aromatic heterocycles. The normalized spacial score (nSPS) is 18.9. The first-order valence-electron chi connectivity index (χ1n) is 13.1. The van der Waals surface area contributed by atoms with E-state index in [0.29, 0.717) is 25.6 Å². The fourth-order valence-corrected chi connectivity index (χ4v) is 4.37. The third kappa shape index (κ3) is 13.1. The number of rotatable bonds is 13. The van der Waals surface area contributed by atoms with Crippen molar-refractivity contribution in [1.29, 1.82) is 0 Å². The third-order valence-electron chi connectivity index (χ3n) is 6.27. The van der Waals surface area contributed by atoms with Crippen molar-refractivity contribution in [1.82, 2.24) is 15.1 Å². The van der Waals surface area contributed by atoms with Gasteiger partial charge in [0.05, 0.1) is 25.2 Å². The molecule has 0 aromatic rings. The van der Waals surface area contributed by atoms with Crippen LogP contribution in [0.25, 0.3) is 0 Å². The maximum absolute atomic E-state index is 13.1. The van der Waals surface area contributed by atoms with Gasteiger partial charge >= 0.3 is 0 Å². The van der Waals surface area contributed by atoms with E-state index in [4.69, 9.17) is 9.47 Å². The van der Waals surface area contributed by atoms with Gasteiger partial charge in [-0.1, -0.05) is 13.8 Å². The summed E-state index contributed by atoms with van der Waals surface area (Å²) in [5.74, 6) is 0.927. The minimum absolute atomic E-state index is 0.0846. The molecule has 1 heterocycles. The van der Waals surface area contributed by atoms with Crippen molar-refractivity contribution >= 4 is 5.91 Å². The molecule has 1 N–H and O–H groups in total. The molecule has 1 aliphatic rings. The predicted molar refractivity (Wildman–Crippen MR) is 139 cm³/mol. The number of ether oxygens (including phenoxy) is 2. The summed E-state index contributed by atoms with van der Waals surface area (Å²) in [5.41, 5.74) is -0.105. The number of nitrogens with zero attached hydrogens (tertiary/aromatic N) is 2. The topological polar surface area (TPSA) is 54.0 Å². The van der Waals surface area contributed by atoms with Crippen molar-refractivity contribution in [2.45, 2.75) is 118 Å². The van der Waals surface area contributed by atoms with Gasteiger partial charge in [0.25, 0.3) is 0 Å². The van der Waals surface area contributed by atoms with Gasteiger partial charge in [0.2, 0.25) is 5.91 Å². The zero-order chi connectivity index (χ0) is 25.3. The first-order chi connectivity index (χ1) is 15.1. The lowest BCUT2D eigenvalue weighted by Gasteiger charge is -2.48. The van der Waals surface area contributed by atoms with E-state index in [2.05, 4.69) is 84.4 Å². The van der Waals surface area contributed by atoms with Gasteiger partial charge in [-0.3, -0.25) is 9.69 Å². The third-order valence-corrected chi connectivity index (χ3v) is 6.27. The fourth-order valence-electron chi connectivity index (χ4n) is 4.37. The number of hydrogen-bond donors (Lipinski definition) is 1. The number of carbonyl (C=O) groups is 1. The molecule has 33 heavy (non-hydrogen) atoms. The average molecular weight is 470 g/mol. The molecule has 0 aliphatic carbocycles. The van der Waals surface area contributed by atoms with E-state index in [1.165, 1.54) is 6.42 Å². The highest BCUT2D eigenvalue weighted by Gasteiger charge is 2.37. The van der Waals surface area contributed by atoms with Crippen LogP contribution in [0.15, 0.2) is 0 Å². The second-order valence-corrected chi connectivity index (χ2v) is 12.7. The van der Waals surface area contributed by atoms with Crippen LogP contribution < -0.4 is 5.32 Å². The van der Waals surface area contributed by atoms with Crippen LogP contribution in [0.5, 0.6) is 0 Å². The van der Waals surface area contributed by atoms with Crippen molar-refractivity contribution in [3.63, 3.8) is 0 Å². The highest BCUT2D eigenvalue weighted by Crippen LogP contribution is 2.25. The van der Waals surface area contributed by atoms with Gasteiger partial charge in [0, 0.05) is 49.9 Å². The molecule has 0 bridgehead atoms. The second kappa shape index (κ2) is 13.4. The summed E-state index contributed by atoms with van der Waals surface area (Å²) in [6.07, 6.45) is 3.63. The van der Waals surface area contributed by atoms with Crippen LogP contribution in [0.2, 0.25) is 0 Å². The van der Waals surface area contributed by atoms with E-state index in [1.54, 1.807) is 0 Å². The molecular weight excluding hydrogens is 414 g/mol. The van der Waals surface area contributed by atoms with Gasteiger partial charge in [-0.05, 0) is 80.6 Å². The molecule has 196 valence electrons. The van der Waals surface area contributed by atoms with E-state index in [1.807, 2.05) is 0 Å². The number of hydrogen-bond acceptors (Lipinski definition) is 5. The zero-order valence-electron chi connectivity index (χ0n) is 23.6. The number of nitrogens with one attached hydrogen (secondary N) is 1. The van der Waals surface area contributed by atoms with Gasteiger partial charge in [0.15, 0.2) is 0 Å². The van der Waals surface area contributed by atoms with E-state index < -0.39 is 0 Å². The Labute approximate surface area is 205 Å². The molecule has 0 radical (unpaired) electrons. The van der Waals surface area contributed by atoms with E-state index in [9.17, 15) is 4.79 Å². The van der Waals surface area contributed by atoms with Gasteiger partial charge in [-0.15, -0.1) is 0 Å². The van der Waals surface area contributed by atoms with Crippen molar-refractivity contribution in [2.75, 3.05) is 46.0 Å². The quantitative estimate of drug-likeness (QED) is 0.396. The summed E-state index contributed by atoms with van der Waals surface area (Å²) in [7, 11) is 0. The molecule has 1 atom stereocenters. The maximum atomic E-state index is 13.1. The lowest BCUT2D eigenvalue weighted by molar-refractivity contribution is -0.139. The standard InChI is InChI=1S/C27H55N3O3/c1-22(2)12-11-17-32-18-13-24(31)30-16-15-29(25(3,4)5)21-23(30)20-27(9,10)28-14-19-33-26(6,7)8/h22-23,28H,11-21H2,1-10H3. The predicted octanol–water partition coefficient (Wildman–Crippen LogP) is 4.71. The zero-order valence-corrected chi connectivity index (χ0v) is 23.6. The summed E-state index contributed by atoms with van der Waals surface area (Å²) in [4.78, 5) is 17.8. The van der Waals surface area contributed by atoms with Crippen LogP contribution in [0.3, 0.4) is 0 Å². The summed E-state index contributed by atoms with van der Waals surface area (Å²) in [6.45, 7) is 27.4. The van der Waals surface area contributed by atoms with Crippen LogP contribution in [-0.4, -0.2) is 84.4 Å². The molecule has 0 aromatic carbocycles. The summed E-state index contributed by atoms with van der Waals surface area (Å²) in [5, 5.41) is 3.66. The summed E-state index contributed by atoms with van der Waals surface area (Å²) >= 11 is 0. The summed E-state index contributed by atoms with van der Waals surface area (Å²) in [6, 6.07) is 0.192. The Morgan fingerprint density at radius 3 is 2.24 bits per heavy atom. The Bertz CT molecular complexity index is 564. The Morgan fingerprint density at radius 2 is 1.67 bits per heavy atom. The maximum Gasteiger partial charge on any atom is 0.225 e. The first-order valence-corrected chi connectivity index (χ1v) is 13.1. The van der Waals surface area contributed by atoms with Gasteiger partial charge in [-0.2, -0.15) is 0 Å². The largest absolute Gasteiger partial charge is 0.381 e. The highest BCUT2D eigenvalue weighted by molar-refractivity contribution is 5.76. The van der Waals surface area contributed by atoms with E-state index >= 15 is 0 Å². The molecule has 6 nitrogen and oxygen atoms in total. The van der Waals surface area contributed by atoms with Gasteiger partial charge in [0.1, 0.15) is 0 Å². The van der Waals surface area contributed by atoms with Crippen LogP contribution in [0.4, 0.5) is 0 Å². The summed E-state index contributed by atoms with van der Waals surface area (Å²) < 4.78 is 11.6. The molecule has 1 amide bonds. The molecule has 1 saturated heterocycles. The van der Waals surface area contributed by atoms with Crippen LogP contribution >= 0.6 is 0 Å². The number of piperazine rings is 1. The van der Waals surface area contributed by atoms with E-state index in [0.717, 1.165) is 45.6 Å². The lowest BCUT2D eigenvalue weighted by Crippen LogP contribution is -2.61. The second-order valence-electron chi connectivity index (χ2n) is 12.7. The van der Waals surface area contributed by atoms with Crippen LogP contribution in [0.1, 0.15) is 94.9 Å². The number of amides is 1. The van der Waals surface area contributed by atoms with Crippen molar-refractivity contribution < 1.29 is 14.3 Å². The fraction of sp³-hybridized carbons (Fsp3) is 0.963. The molecule has 0 spiro atoms. The monoisotopic (exact) mass is 469 g/mol. The Balaban J connectivity index is 2.66. The number of carbonyl (C=O) groups excluding carboxylic acids is 1. The van der Waals surface area contributed by atoms with Gasteiger partial charge < -0.3 is 19.7 Å². The lowest BCUT2D eigenvalue weighted by atomic mass is 9.91. The minimum Gasteiger partial charge on any atom is -0.381 e. The SMILES string of the molecule is CC(C)CCCOCCC(=O)N1CCN(C(C)(C)C)CC1CC(C)(C)NCCOC(C)(C)C. The van der Waals surface area contributed by atoms with Crippen molar-refractivity contribution in [2.24, 2.45) is 5.92 Å². The van der Waals surface area contributed by atoms with Crippen molar-refractivity contribution in [3.05, 3.63) is 0 Å². The minimum atomic E-state index is -0.123. The van der Waals surface area contributed by atoms with Crippen LogP contribution in [-0.2, 0) is 14.3 Å². The smallest absolute Gasteiger partial charge is 0.225 e. The Morgan fingerprint density at radius 1 is 1.00 bits per heavy atom. The highest BCUT2D eigenvalue weighted by atomic mass is 16.5. The molecular formula is C27H55N3O3.